The Morgan fingerprint density at radius 2 is 2.00 bits per heavy atom. The fraction of sp³-hybridized carbons (Fsp3) is 0.316. The fourth-order valence-corrected chi connectivity index (χ4v) is 3.49. The second-order valence-corrected chi connectivity index (χ2v) is 6.90. The van der Waals surface area contributed by atoms with E-state index in [4.69, 9.17) is 4.74 Å². The minimum atomic E-state index is -0.108. The maximum Gasteiger partial charge on any atom is 0.261 e. The SMILES string of the molecule is COCCCNC(=O)CSc1nc2cc3ccccc3cc2c(=O)n1C. The Morgan fingerprint density at radius 3 is 2.73 bits per heavy atom. The minimum Gasteiger partial charge on any atom is -0.385 e. The molecule has 6 nitrogen and oxygen atoms in total. The molecule has 0 aliphatic heterocycles. The highest BCUT2D eigenvalue weighted by Crippen LogP contribution is 2.22. The van der Waals surface area contributed by atoms with Gasteiger partial charge < -0.3 is 10.1 Å². The van der Waals surface area contributed by atoms with Crippen LogP contribution in [0.5, 0.6) is 0 Å². The average molecular weight is 371 g/mol. The summed E-state index contributed by atoms with van der Waals surface area (Å²) in [5.41, 5.74) is 0.540. The maximum absolute atomic E-state index is 12.7. The molecule has 0 unspecified atom stereocenters. The number of nitrogens with one attached hydrogen (secondary N) is 1. The van der Waals surface area contributed by atoms with Gasteiger partial charge in [-0.2, -0.15) is 0 Å². The molecule has 1 aromatic heterocycles. The number of thioether (sulfide) groups is 1. The Kier molecular flexibility index (Phi) is 5.90. The van der Waals surface area contributed by atoms with E-state index in [9.17, 15) is 9.59 Å². The zero-order valence-electron chi connectivity index (χ0n) is 14.8. The highest BCUT2D eigenvalue weighted by Gasteiger charge is 2.11. The van der Waals surface area contributed by atoms with Crippen LogP contribution >= 0.6 is 11.8 Å². The first kappa shape index (κ1) is 18.4. The average Bonchev–Trinajstić information content (AvgIpc) is 2.66. The summed E-state index contributed by atoms with van der Waals surface area (Å²) in [5, 5.41) is 5.99. The van der Waals surface area contributed by atoms with Crippen molar-refractivity contribution in [2.45, 2.75) is 11.6 Å². The van der Waals surface area contributed by atoms with Crippen molar-refractivity contribution >= 4 is 39.3 Å². The van der Waals surface area contributed by atoms with Crippen molar-refractivity contribution in [3.05, 3.63) is 46.8 Å². The fourth-order valence-electron chi connectivity index (χ4n) is 2.69. The van der Waals surface area contributed by atoms with Crippen LogP contribution in [-0.2, 0) is 16.6 Å². The van der Waals surface area contributed by atoms with E-state index in [0.29, 0.717) is 29.2 Å². The Balaban J connectivity index is 1.80. The Hall–Kier alpha value is -2.38. The molecule has 7 heteroatoms. The third kappa shape index (κ3) is 4.05. The molecule has 1 N–H and O–H groups in total. The standard InChI is InChI=1S/C19H21N3O3S/c1-22-18(24)15-10-13-6-3-4-7-14(13)11-16(15)21-19(22)26-12-17(23)20-8-5-9-25-2/h3-4,6-7,10-11H,5,8-9,12H2,1-2H3,(H,20,23). The van der Waals surface area contributed by atoms with Crippen LogP contribution in [0.1, 0.15) is 6.42 Å². The van der Waals surface area contributed by atoms with Crippen LogP contribution in [0.2, 0.25) is 0 Å². The molecule has 0 aliphatic rings. The van der Waals surface area contributed by atoms with Gasteiger partial charge in [0.1, 0.15) is 0 Å². The lowest BCUT2D eigenvalue weighted by Gasteiger charge is -2.10. The molecular formula is C19H21N3O3S. The van der Waals surface area contributed by atoms with E-state index in [-0.39, 0.29) is 17.2 Å². The topological polar surface area (TPSA) is 73.2 Å². The first-order valence-electron chi connectivity index (χ1n) is 8.38. The summed E-state index contributed by atoms with van der Waals surface area (Å²) in [5.74, 6) is 0.130. The lowest BCUT2D eigenvalue weighted by molar-refractivity contribution is -0.118. The molecule has 0 saturated heterocycles. The van der Waals surface area contributed by atoms with Gasteiger partial charge in [0, 0.05) is 27.3 Å². The van der Waals surface area contributed by atoms with Gasteiger partial charge in [0.25, 0.3) is 5.56 Å². The number of carbonyl (C=O) groups excluding carboxylic acids is 1. The number of fused-ring (bicyclic) bond motifs is 2. The number of amides is 1. The molecule has 136 valence electrons. The van der Waals surface area contributed by atoms with Crippen molar-refractivity contribution in [2.75, 3.05) is 26.0 Å². The molecule has 1 amide bonds. The minimum absolute atomic E-state index is 0.0843. The number of rotatable bonds is 7. The Bertz CT molecular complexity index is 1000. The molecule has 0 spiro atoms. The molecule has 0 aliphatic carbocycles. The van der Waals surface area contributed by atoms with Crippen molar-refractivity contribution in [1.82, 2.24) is 14.9 Å². The van der Waals surface area contributed by atoms with Crippen LogP contribution in [0.25, 0.3) is 21.7 Å². The molecular weight excluding hydrogens is 350 g/mol. The second-order valence-electron chi connectivity index (χ2n) is 5.96. The number of ether oxygens (including phenoxy) is 1. The number of benzene rings is 2. The van der Waals surface area contributed by atoms with Crippen molar-refractivity contribution < 1.29 is 9.53 Å². The first-order chi connectivity index (χ1) is 12.6. The molecule has 3 aromatic rings. The third-order valence-corrected chi connectivity index (χ3v) is 5.11. The first-order valence-corrected chi connectivity index (χ1v) is 9.36. The smallest absolute Gasteiger partial charge is 0.261 e. The molecule has 0 bridgehead atoms. The van der Waals surface area contributed by atoms with Gasteiger partial charge >= 0.3 is 0 Å². The zero-order valence-corrected chi connectivity index (χ0v) is 15.6. The molecule has 0 saturated carbocycles. The van der Waals surface area contributed by atoms with E-state index >= 15 is 0 Å². The lowest BCUT2D eigenvalue weighted by Crippen LogP contribution is -2.27. The summed E-state index contributed by atoms with van der Waals surface area (Å²) < 4.78 is 6.45. The number of carbonyl (C=O) groups is 1. The summed E-state index contributed by atoms with van der Waals surface area (Å²) in [6, 6.07) is 11.7. The normalized spacial score (nSPS) is 11.2. The number of hydrogen-bond donors (Lipinski definition) is 1. The van der Waals surface area contributed by atoms with Gasteiger partial charge in [0.05, 0.1) is 16.7 Å². The van der Waals surface area contributed by atoms with Gasteiger partial charge in [-0.25, -0.2) is 4.98 Å². The van der Waals surface area contributed by atoms with E-state index in [0.717, 1.165) is 17.2 Å². The van der Waals surface area contributed by atoms with Crippen molar-refractivity contribution in [2.24, 2.45) is 7.05 Å². The van der Waals surface area contributed by atoms with Gasteiger partial charge in [-0.3, -0.25) is 14.2 Å². The summed E-state index contributed by atoms with van der Waals surface area (Å²) in [6.07, 6.45) is 0.771. The van der Waals surface area contributed by atoms with Crippen molar-refractivity contribution in [1.29, 1.82) is 0 Å². The molecule has 26 heavy (non-hydrogen) atoms. The highest BCUT2D eigenvalue weighted by molar-refractivity contribution is 7.99. The van der Waals surface area contributed by atoms with Crippen LogP contribution in [0.4, 0.5) is 0 Å². The number of methoxy groups -OCH3 is 1. The number of aromatic nitrogens is 2. The quantitative estimate of drug-likeness (QED) is 0.299. The van der Waals surface area contributed by atoms with E-state index in [1.807, 2.05) is 36.4 Å². The molecule has 0 atom stereocenters. The third-order valence-electron chi connectivity index (χ3n) is 4.08. The van der Waals surface area contributed by atoms with E-state index in [1.54, 1.807) is 14.2 Å². The Morgan fingerprint density at radius 1 is 1.27 bits per heavy atom. The van der Waals surface area contributed by atoms with Crippen molar-refractivity contribution in [3.8, 4) is 0 Å². The van der Waals surface area contributed by atoms with Gasteiger partial charge in [0.2, 0.25) is 5.91 Å². The zero-order chi connectivity index (χ0) is 18.5. The Labute approximate surface area is 155 Å². The van der Waals surface area contributed by atoms with E-state index < -0.39 is 0 Å². The van der Waals surface area contributed by atoms with Crippen LogP contribution in [-0.4, -0.2) is 41.5 Å². The number of nitrogens with zero attached hydrogens (tertiary/aromatic N) is 2. The van der Waals surface area contributed by atoms with Gasteiger partial charge in [0.15, 0.2) is 5.16 Å². The summed E-state index contributed by atoms with van der Waals surface area (Å²) in [4.78, 5) is 29.2. The highest BCUT2D eigenvalue weighted by atomic mass is 32.2. The summed E-state index contributed by atoms with van der Waals surface area (Å²) >= 11 is 1.26. The molecule has 2 aromatic carbocycles. The van der Waals surface area contributed by atoms with E-state index in [2.05, 4.69) is 10.3 Å². The monoisotopic (exact) mass is 371 g/mol. The largest absolute Gasteiger partial charge is 0.385 e. The predicted octanol–water partition coefficient (Wildman–Crippen LogP) is 2.33. The summed E-state index contributed by atoms with van der Waals surface area (Å²) in [6.45, 7) is 1.19. The maximum atomic E-state index is 12.7. The lowest BCUT2D eigenvalue weighted by atomic mass is 10.1. The van der Waals surface area contributed by atoms with E-state index in [1.165, 1.54) is 16.3 Å². The summed E-state index contributed by atoms with van der Waals surface area (Å²) in [7, 11) is 3.32. The van der Waals surface area contributed by atoms with Gasteiger partial charge in [-0.1, -0.05) is 36.0 Å². The van der Waals surface area contributed by atoms with Crippen molar-refractivity contribution in [3.63, 3.8) is 0 Å². The molecule has 1 heterocycles. The van der Waals surface area contributed by atoms with Gasteiger partial charge in [-0.15, -0.1) is 0 Å². The van der Waals surface area contributed by atoms with Gasteiger partial charge in [-0.05, 0) is 29.3 Å². The molecule has 0 radical (unpaired) electrons. The predicted molar refractivity (Wildman–Crippen MR) is 105 cm³/mol. The molecule has 3 rings (SSSR count). The van der Waals surface area contributed by atoms with Crippen LogP contribution in [0.3, 0.4) is 0 Å². The number of hydrogen-bond acceptors (Lipinski definition) is 5. The van der Waals surface area contributed by atoms with Crippen LogP contribution in [0.15, 0.2) is 46.3 Å². The van der Waals surface area contributed by atoms with Crippen LogP contribution in [0, 0.1) is 0 Å². The second kappa shape index (κ2) is 8.33. The molecule has 0 fully saturated rings. The van der Waals surface area contributed by atoms with Crippen LogP contribution < -0.4 is 10.9 Å².